The molecule has 14 heteroatoms. The Morgan fingerprint density at radius 1 is 1.09 bits per heavy atom. The van der Waals surface area contributed by atoms with Crippen molar-refractivity contribution in [2.24, 2.45) is 0 Å². The molecule has 1 atom stereocenters. The summed E-state index contributed by atoms with van der Waals surface area (Å²) in [5.41, 5.74) is 1.32. The fraction of sp³-hybridized carbons (Fsp3) is 0.531. The number of nitrogens with one attached hydrogen (secondary N) is 1. The molecular formula is C32H42ClN9O4. The van der Waals surface area contributed by atoms with Crippen LogP contribution < -0.4 is 14.8 Å². The summed E-state index contributed by atoms with van der Waals surface area (Å²) in [5.74, 6) is 1.37. The van der Waals surface area contributed by atoms with Crippen molar-refractivity contribution in [3.63, 3.8) is 0 Å². The predicted octanol–water partition coefficient (Wildman–Crippen LogP) is 4.76. The van der Waals surface area contributed by atoms with Crippen molar-refractivity contribution in [2.45, 2.75) is 76.8 Å². The van der Waals surface area contributed by atoms with Crippen LogP contribution in [0.2, 0.25) is 5.02 Å². The van der Waals surface area contributed by atoms with E-state index in [-0.39, 0.29) is 18.8 Å². The van der Waals surface area contributed by atoms with E-state index in [0.717, 1.165) is 63.1 Å². The quantitative estimate of drug-likeness (QED) is 0.219. The molecule has 0 unspecified atom stereocenters. The van der Waals surface area contributed by atoms with Gasteiger partial charge in [0.2, 0.25) is 5.95 Å². The van der Waals surface area contributed by atoms with Crippen molar-refractivity contribution in [1.29, 1.82) is 0 Å². The third-order valence-electron chi connectivity index (χ3n) is 8.26. The molecule has 4 aromatic rings. The fourth-order valence-electron chi connectivity index (χ4n) is 5.91. The van der Waals surface area contributed by atoms with Gasteiger partial charge in [-0.15, -0.1) is 5.10 Å². The zero-order valence-corrected chi connectivity index (χ0v) is 27.3. The first-order chi connectivity index (χ1) is 22.2. The Balaban J connectivity index is 1.13. The van der Waals surface area contributed by atoms with Crippen LogP contribution in [0.5, 0.6) is 11.6 Å². The second kappa shape index (κ2) is 14.3. The summed E-state index contributed by atoms with van der Waals surface area (Å²) in [6.45, 7) is 9.66. The summed E-state index contributed by atoms with van der Waals surface area (Å²) in [7, 11) is 0. The van der Waals surface area contributed by atoms with E-state index in [1.54, 1.807) is 43.3 Å². The first-order valence-corrected chi connectivity index (χ1v) is 16.2. The van der Waals surface area contributed by atoms with Crippen molar-refractivity contribution in [3.8, 4) is 22.8 Å². The highest BCUT2D eigenvalue weighted by Crippen LogP contribution is 2.35. The lowest BCUT2D eigenvalue weighted by atomic mass is 9.90. The highest BCUT2D eigenvalue weighted by molar-refractivity contribution is 6.32. The minimum absolute atomic E-state index is 0.0979. The van der Waals surface area contributed by atoms with E-state index in [1.165, 1.54) is 6.33 Å². The Kier molecular flexibility index (Phi) is 10.0. The molecule has 46 heavy (non-hydrogen) atoms. The van der Waals surface area contributed by atoms with Gasteiger partial charge in [0.25, 0.3) is 5.88 Å². The van der Waals surface area contributed by atoms with Crippen LogP contribution >= 0.6 is 11.6 Å². The zero-order valence-electron chi connectivity index (χ0n) is 26.5. The van der Waals surface area contributed by atoms with E-state index in [1.807, 2.05) is 29.9 Å². The molecule has 1 saturated carbocycles. The molecule has 6 rings (SSSR count). The Morgan fingerprint density at radius 3 is 2.52 bits per heavy atom. The standard InChI is InChI=1S/C32H42ClN9O4/c1-22(17-41-21-34-20-37-41)46-29-14-23(4-9-27(29)33)24-15-35-31(36-16-24)38-28-18-42(39-30(28)45-19-32(2,3)43)26-7-5-25(6-8-26)40-10-12-44-13-11-40/h4,9,14-16,18,20-22,25-26,43H,5-8,10-13,17,19H2,1-3H3,(H,35,36,38)/t22-,25-,26-/m0/s1. The molecule has 2 fully saturated rings. The van der Waals surface area contributed by atoms with Crippen molar-refractivity contribution >= 4 is 23.2 Å². The normalized spacial score (nSPS) is 19.9. The molecule has 2 N–H and O–H groups in total. The molecule has 0 spiro atoms. The monoisotopic (exact) mass is 651 g/mol. The summed E-state index contributed by atoms with van der Waals surface area (Å²) in [6, 6.07) is 6.45. The number of hydrogen-bond acceptors (Lipinski definition) is 11. The maximum atomic E-state index is 10.3. The molecule has 0 amide bonds. The van der Waals surface area contributed by atoms with Crippen LogP contribution in [0.1, 0.15) is 52.5 Å². The number of ether oxygens (including phenoxy) is 3. The molecular weight excluding hydrogens is 610 g/mol. The average Bonchev–Trinajstić information content (AvgIpc) is 3.72. The number of aromatic nitrogens is 7. The maximum absolute atomic E-state index is 10.3. The molecule has 1 saturated heterocycles. The zero-order chi connectivity index (χ0) is 32.1. The second-order valence-corrected chi connectivity index (χ2v) is 13.1. The largest absolute Gasteiger partial charge is 0.487 e. The maximum Gasteiger partial charge on any atom is 0.257 e. The van der Waals surface area contributed by atoms with Gasteiger partial charge >= 0.3 is 0 Å². The van der Waals surface area contributed by atoms with Gasteiger partial charge in [0.1, 0.15) is 36.8 Å². The van der Waals surface area contributed by atoms with Crippen LogP contribution in [0.4, 0.5) is 11.6 Å². The smallest absolute Gasteiger partial charge is 0.257 e. The van der Waals surface area contributed by atoms with Crippen LogP contribution in [0.25, 0.3) is 11.1 Å². The lowest BCUT2D eigenvalue weighted by Gasteiger charge is -2.38. The van der Waals surface area contributed by atoms with Crippen molar-refractivity contribution < 1.29 is 19.3 Å². The number of nitrogens with zero attached hydrogens (tertiary/aromatic N) is 8. The molecule has 246 valence electrons. The first-order valence-electron chi connectivity index (χ1n) is 15.8. The Hall–Kier alpha value is -3.78. The lowest BCUT2D eigenvalue weighted by molar-refractivity contribution is 0.00492. The molecule has 2 aliphatic rings. The summed E-state index contributed by atoms with van der Waals surface area (Å²) >= 11 is 6.45. The molecule has 1 aliphatic heterocycles. The summed E-state index contributed by atoms with van der Waals surface area (Å²) in [4.78, 5) is 15.7. The van der Waals surface area contributed by atoms with Gasteiger partial charge in [0.15, 0.2) is 0 Å². The third-order valence-corrected chi connectivity index (χ3v) is 8.58. The van der Waals surface area contributed by atoms with Crippen molar-refractivity contribution in [1.82, 2.24) is 39.4 Å². The predicted molar refractivity (Wildman–Crippen MR) is 174 cm³/mol. The van der Waals surface area contributed by atoms with Gasteiger partial charge in [0.05, 0.1) is 42.6 Å². The van der Waals surface area contributed by atoms with Crippen LogP contribution in [0.3, 0.4) is 0 Å². The highest BCUT2D eigenvalue weighted by atomic mass is 35.5. The van der Waals surface area contributed by atoms with E-state index in [9.17, 15) is 5.11 Å². The number of morpholine rings is 1. The van der Waals surface area contributed by atoms with Crippen LogP contribution in [0.15, 0.2) is 49.4 Å². The SMILES string of the molecule is C[C@@H](Cn1cncn1)Oc1cc(-c2cnc(Nc3cn([C@H]4CC[C@H](N5CCOCC5)CC4)nc3OCC(C)(C)O)nc2)ccc1Cl. The molecule has 0 bridgehead atoms. The summed E-state index contributed by atoms with van der Waals surface area (Å²) in [6.07, 6.45) is 12.7. The Morgan fingerprint density at radius 2 is 1.83 bits per heavy atom. The Bertz CT molecular complexity index is 1540. The van der Waals surface area contributed by atoms with Gasteiger partial charge < -0.3 is 24.6 Å². The van der Waals surface area contributed by atoms with E-state index in [2.05, 4.69) is 30.3 Å². The number of rotatable bonds is 12. The van der Waals surface area contributed by atoms with Crippen LogP contribution in [0, 0.1) is 0 Å². The number of anilines is 2. The van der Waals surface area contributed by atoms with Crippen LogP contribution in [-0.4, -0.2) is 95.2 Å². The average molecular weight is 652 g/mol. The first kappa shape index (κ1) is 32.2. The number of aliphatic hydroxyl groups is 1. The van der Waals surface area contributed by atoms with Gasteiger partial charge in [-0.3, -0.25) is 9.58 Å². The minimum atomic E-state index is -1.01. The number of hydrogen-bond donors (Lipinski definition) is 2. The van der Waals surface area contributed by atoms with Gasteiger partial charge in [-0.25, -0.2) is 19.6 Å². The topological polar surface area (TPSA) is 138 Å². The van der Waals surface area contributed by atoms with Crippen molar-refractivity contribution in [2.75, 3.05) is 38.2 Å². The number of benzene rings is 1. The third kappa shape index (κ3) is 8.32. The van der Waals surface area contributed by atoms with E-state index < -0.39 is 5.60 Å². The van der Waals surface area contributed by atoms with Crippen LogP contribution in [-0.2, 0) is 11.3 Å². The van der Waals surface area contributed by atoms with Gasteiger partial charge in [-0.1, -0.05) is 17.7 Å². The van der Waals surface area contributed by atoms with Crippen molar-refractivity contribution in [3.05, 3.63) is 54.5 Å². The molecule has 0 radical (unpaired) electrons. The fourth-order valence-corrected chi connectivity index (χ4v) is 6.07. The lowest BCUT2D eigenvalue weighted by Crippen LogP contribution is -2.45. The van der Waals surface area contributed by atoms with E-state index in [4.69, 9.17) is 30.9 Å². The minimum Gasteiger partial charge on any atom is -0.487 e. The van der Waals surface area contributed by atoms with Gasteiger partial charge in [-0.2, -0.15) is 5.10 Å². The van der Waals surface area contributed by atoms with E-state index in [0.29, 0.717) is 40.9 Å². The van der Waals surface area contributed by atoms with Gasteiger partial charge in [0, 0.05) is 37.1 Å². The second-order valence-electron chi connectivity index (χ2n) is 12.7. The number of halogens is 1. The molecule has 1 aliphatic carbocycles. The molecule has 13 nitrogen and oxygen atoms in total. The molecule has 4 heterocycles. The Labute approximate surface area is 273 Å². The summed E-state index contributed by atoms with van der Waals surface area (Å²) < 4.78 is 21.3. The highest BCUT2D eigenvalue weighted by Gasteiger charge is 2.29. The van der Waals surface area contributed by atoms with Gasteiger partial charge in [-0.05, 0) is 64.2 Å². The summed E-state index contributed by atoms with van der Waals surface area (Å²) in [5, 5.41) is 23.0. The van der Waals surface area contributed by atoms with E-state index >= 15 is 0 Å². The molecule has 1 aromatic carbocycles. The molecule has 3 aromatic heterocycles.